The minimum absolute atomic E-state index is 0.863. The molecule has 0 saturated heterocycles. The highest BCUT2D eigenvalue weighted by atomic mass is 79.9. The second-order valence-electron chi connectivity index (χ2n) is 5.13. The van der Waals surface area contributed by atoms with E-state index in [1.165, 1.54) is 0 Å². The maximum Gasteiger partial charge on any atom is 0.195 e. The van der Waals surface area contributed by atoms with Crippen LogP contribution in [0.25, 0.3) is 38.4 Å². The zero-order chi connectivity index (χ0) is 14.7. The van der Waals surface area contributed by atoms with Crippen molar-refractivity contribution in [3.8, 4) is 11.5 Å². The van der Waals surface area contributed by atoms with Crippen molar-refractivity contribution >= 4 is 54.2 Å². The van der Waals surface area contributed by atoms with E-state index in [9.17, 15) is 0 Å². The van der Waals surface area contributed by atoms with Gasteiger partial charge in [0.1, 0.15) is 11.3 Å². The monoisotopic (exact) mass is 368 g/mol. The summed E-state index contributed by atoms with van der Waals surface area (Å²) in [4.78, 5) is 5.65. The molecule has 0 N–H and O–H groups in total. The van der Waals surface area contributed by atoms with Crippen LogP contribution < -0.4 is 0 Å². The number of para-hydroxylation sites is 2. The Bertz CT molecular complexity index is 1150. The zero-order valence-electron chi connectivity index (χ0n) is 11.3. The average molecular weight is 369 g/mol. The molecule has 0 amide bonds. The van der Waals surface area contributed by atoms with Crippen LogP contribution >= 0.6 is 27.3 Å². The molecular weight excluding hydrogens is 360 g/mol. The standard InChI is InChI=1S/C17H9BrN2OS/c18-11-5-6-15-10(7-11)8-16(21-15)14-9-22-17-19-12-3-1-2-4-13(12)20(14)17/h1-9H. The third-order valence-corrected chi connectivity index (χ3v) is 5.10. The van der Waals surface area contributed by atoms with Crippen molar-refractivity contribution in [2.24, 2.45) is 0 Å². The van der Waals surface area contributed by atoms with Gasteiger partial charge < -0.3 is 4.42 Å². The summed E-state index contributed by atoms with van der Waals surface area (Å²) in [6, 6.07) is 16.3. The molecule has 0 unspecified atom stereocenters. The van der Waals surface area contributed by atoms with Crippen LogP contribution in [0.15, 0.2) is 62.8 Å². The number of nitrogens with zero attached hydrogens (tertiary/aromatic N) is 2. The lowest BCUT2D eigenvalue weighted by Gasteiger charge is -1.96. The maximum atomic E-state index is 6.03. The minimum atomic E-state index is 0.863. The molecule has 2 aromatic carbocycles. The molecule has 22 heavy (non-hydrogen) atoms. The van der Waals surface area contributed by atoms with Crippen molar-refractivity contribution in [3.63, 3.8) is 0 Å². The molecule has 0 aliphatic heterocycles. The first-order chi connectivity index (χ1) is 10.8. The highest BCUT2D eigenvalue weighted by molar-refractivity contribution is 9.10. The first kappa shape index (κ1) is 12.4. The van der Waals surface area contributed by atoms with Gasteiger partial charge in [-0.15, -0.1) is 11.3 Å². The molecule has 0 atom stereocenters. The van der Waals surface area contributed by atoms with Gasteiger partial charge in [0, 0.05) is 15.2 Å². The largest absolute Gasteiger partial charge is 0.454 e. The molecule has 3 heterocycles. The van der Waals surface area contributed by atoms with Crippen LogP contribution in [-0.2, 0) is 0 Å². The Morgan fingerprint density at radius 1 is 1.09 bits per heavy atom. The van der Waals surface area contributed by atoms with E-state index >= 15 is 0 Å². The van der Waals surface area contributed by atoms with Crippen molar-refractivity contribution in [2.45, 2.75) is 0 Å². The average Bonchev–Trinajstić information content (AvgIpc) is 3.18. The minimum Gasteiger partial charge on any atom is -0.454 e. The van der Waals surface area contributed by atoms with Gasteiger partial charge in [-0.3, -0.25) is 4.40 Å². The zero-order valence-corrected chi connectivity index (χ0v) is 13.7. The molecule has 5 aromatic rings. The van der Waals surface area contributed by atoms with Gasteiger partial charge in [0.2, 0.25) is 0 Å². The molecule has 0 fully saturated rings. The Morgan fingerprint density at radius 3 is 2.95 bits per heavy atom. The van der Waals surface area contributed by atoms with Crippen LogP contribution in [0.1, 0.15) is 0 Å². The summed E-state index contributed by atoms with van der Waals surface area (Å²) in [6.07, 6.45) is 0. The van der Waals surface area contributed by atoms with Crippen LogP contribution in [0.3, 0.4) is 0 Å². The van der Waals surface area contributed by atoms with Gasteiger partial charge in [-0.2, -0.15) is 0 Å². The number of benzene rings is 2. The SMILES string of the molecule is Brc1ccc2oc(-c3csc4nc5ccccc5n34)cc2c1. The second-order valence-corrected chi connectivity index (χ2v) is 6.88. The smallest absolute Gasteiger partial charge is 0.195 e. The molecule has 5 heteroatoms. The van der Waals surface area contributed by atoms with E-state index in [1.54, 1.807) is 11.3 Å². The van der Waals surface area contributed by atoms with Gasteiger partial charge in [0.05, 0.1) is 11.0 Å². The topological polar surface area (TPSA) is 30.4 Å². The Kier molecular flexibility index (Phi) is 2.51. The number of aromatic nitrogens is 2. The predicted octanol–water partition coefficient (Wildman–Crippen LogP) is 5.72. The van der Waals surface area contributed by atoms with Gasteiger partial charge in [-0.05, 0) is 36.4 Å². The van der Waals surface area contributed by atoms with Gasteiger partial charge in [0.15, 0.2) is 10.7 Å². The fourth-order valence-electron chi connectivity index (χ4n) is 2.79. The molecule has 0 saturated carbocycles. The molecule has 106 valence electrons. The van der Waals surface area contributed by atoms with Crippen molar-refractivity contribution in [1.29, 1.82) is 0 Å². The number of fused-ring (bicyclic) bond motifs is 4. The normalized spacial score (nSPS) is 11.9. The van der Waals surface area contributed by atoms with E-state index in [0.29, 0.717) is 0 Å². The number of furan rings is 1. The third-order valence-electron chi connectivity index (χ3n) is 3.78. The Morgan fingerprint density at radius 2 is 2.00 bits per heavy atom. The first-order valence-electron chi connectivity index (χ1n) is 6.84. The van der Waals surface area contributed by atoms with E-state index in [4.69, 9.17) is 4.42 Å². The summed E-state index contributed by atoms with van der Waals surface area (Å²) in [5.41, 5.74) is 4.05. The number of halogens is 1. The summed E-state index contributed by atoms with van der Waals surface area (Å²) in [5, 5.41) is 3.19. The lowest BCUT2D eigenvalue weighted by molar-refractivity contribution is 0.628. The molecule has 0 radical (unpaired) electrons. The van der Waals surface area contributed by atoms with Gasteiger partial charge >= 0.3 is 0 Å². The van der Waals surface area contributed by atoms with Gasteiger partial charge in [-0.1, -0.05) is 28.1 Å². The Labute approximate surface area is 137 Å². The molecule has 3 nitrogen and oxygen atoms in total. The highest BCUT2D eigenvalue weighted by Crippen LogP contribution is 2.34. The first-order valence-corrected chi connectivity index (χ1v) is 8.51. The van der Waals surface area contributed by atoms with Crippen LogP contribution in [0, 0.1) is 0 Å². The predicted molar refractivity (Wildman–Crippen MR) is 93.5 cm³/mol. The summed E-state index contributed by atoms with van der Waals surface area (Å²) in [7, 11) is 0. The van der Waals surface area contributed by atoms with E-state index in [-0.39, 0.29) is 0 Å². The molecule has 0 aliphatic rings. The van der Waals surface area contributed by atoms with E-state index in [2.05, 4.69) is 48.9 Å². The lowest BCUT2D eigenvalue weighted by Crippen LogP contribution is -1.83. The molecular formula is C17H9BrN2OS. The molecule has 5 rings (SSSR count). The van der Waals surface area contributed by atoms with Crippen LogP contribution in [0.2, 0.25) is 0 Å². The number of hydrogen-bond donors (Lipinski definition) is 0. The van der Waals surface area contributed by atoms with Gasteiger partial charge in [-0.25, -0.2) is 4.98 Å². The molecule has 0 aliphatic carbocycles. The van der Waals surface area contributed by atoms with E-state index < -0.39 is 0 Å². The van der Waals surface area contributed by atoms with Crippen molar-refractivity contribution in [2.75, 3.05) is 0 Å². The highest BCUT2D eigenvalue weighted by Gasteiger charge is 2.15. The molecule has 0 bridgehead atoms. The quantitative estimate of drug-likeness (QED) is 0.378. The van der Waals surface area contributed by atoms with Crippen molar-refractivity contribution < 1.29 is 4.42 Å². The summed E-state index contributed by atoms with van der Waals surface area (Å²) < 4.78 is 9.24. The van der Waals surface area contributed by atoms with E-state index in [1.807, 2.05) is 30.3 Å². The van der Waals surface area contributed by atoms with Crippen molar-refractivity contribution in [1.82, 2.24) is 9.38 Å². The number of thiazole rings is 1. The number of hydrogen-bond acceptors (Lipinski definition) is 3. The Balaban J connectivity index is 1.84. The third kappa shape index (κ3) is 1.69. The number of rotatable bonds is 1. The van der Waals surface area contributed by atoms with Crippen molar-refractivity contribution in [3.05, 3.63) is 58.4 Å². The van der Waals surface area contributed by atoms with Gasteiger partial charge in [0.25, 0.3) is 0 Å². The number of imidazole rings is 1. The van der Waals surface area contributed by atoms with Crippen LogP contribution in [0.4, 0.5) is 0 Å². The fourth-order valence-corrected chi connectivity index (χ4v) is 4.06. The fraction of sp³-hybridized carbons (Fsp3) is 0. The summed E-state index contributed by atoms with van der Waals surface area (Å²) >= 11 is 5.13. The summed E-state index contributed by atoms with van der Waals surface area (Å²) in [6.45, 7) is 0. The summed E-state index contributed by atoms with van der Waals surface area (Å²) in [5.74, 6) is 0.863. The maximum absolute atomic E-state index is 6.03. The van der Waals surface area contributed by atoms with E-state index in [0.717, 1.165) is 42.9 Å². The second kappa shape index (κ2) is 4.44. The van der Waals surface area contributed by atoms with Crippen LogP contribution in [0.5, 0.6) is 0 Å². The molecule has 3 aromatic heterocycles. The van der Waals surface area contributed by atoms with Crippen LogP contribution in [-0.4, -0.2) is 9.38 Å². The lowest BCUT2D eigenvalue weighted by atomic mass is 10.2. The Hall–Kier alpha value is -2.11. The molecule has 0 spiro atoms.